The number of hydrogen-bond donors (Lipinski definition) is 2. The number of aromatic amines is 1. The number of H-pyrrole nitrogens is 1. The van der Waals surface area contributed by atoms with Crippen LogP contribution < -0.4 is 5.32 Å². The minimum absolute atomic E-state index is 0.640. The van der Waals surface area contributed by atoms with E-state index in [0.29, 0.717) is 13.1 Å². The summed E-state index contributed by atoms with van der Waals surface area (Å²) in [6.45, 7) is 1.31. The second-order valence-electron chi connectivity index (χ2n) is 3.26. The van der Waals surface area contributed by atoms with Gasteiger partial charge in [-0.25, -0.2) is 4.98 Å². The number of rotatable bonds is 5. The van der Waals surface area contributed by atoms with E-state index in [0.717, 1.165) is 23.4 Å². The van der Waals surface area contributed by atoms with Gasteiger partial charge in [0.05, 0.1) is 33.9 Å². The highest BCUT2D eigenvalue weighted by Crippen LogP contribution is 2.12. The number of amides is 1. The van der Waals surface area contributed by atoms with Crippen molar-refractivity contribution in [2.75, 3.05) is 18.4 Å². The molecule has 0 fully saturated rings. The van der Waals surface area contributed by atoms with Crippen LogP contribution in [0.4, 0.5) is 5.95 Å². The third-order valence-electron chi connectivity index (χ3n) is 2.12. The lowest BCUT2D eigenvalue weighted by atomic mass is 10.3. The van der Waals surface area contributed by atoms with Gasteiger partial charge in [-0.2, -0.15) is 0 Å². The molecule has 6 heteroatoms. The Labute approximate surface area is 107 Å². The third-order valence-corrected chi connectivity index (χ3v) is 2.83. The van der Waals surface area contributed by atoms with Crippen molar-refractivity contribution >= 4 is 46.3 Å². The number of benzene rings is 1. The largest absolute Gasteiger partial charge is 0.354 e. The van der Waals surface area contributed by atoms with Crippen molar-refractivity contribution in [3.63, 3.8) is 0 Å². The molecule has 0 aliphatic heterocycles. The van der Waals surface area contributed by atoms with Gasteiger partial charge in [-0.15, -0.1) is 0 Å². The standard InChI is InChI=1S/C10H11IN4O/c11-15(7-16)6-5-12-10-13-8-3-1-2-4-9(8)14-10/h1-4,7H,5-6H2,(H2,12,13,14). The Morgan fingerprint density at radius 2 is 2.31 bits per heavy atom. The molecular weight excluding hydrogens is 319 g/mol. The Hall–Kier alpha value is -1.31. The molecule has 0 radical (unpaired) electrons. The number of nitrogens with one attached hydrogen (secondary N) is 2. The predicted molar refractivity (Wildman–Crippen MR) is 71.4 cm³/mol. The third kappa shape index (κ3) is 2.63. The second kappa shape index (κ2) is 5.15. The van der Waals surface area contributed by atoms with Gasteiger partial charge >= 0.3 is 0 Å². The normalized spacial score (nSPS) is 10.3. The average Bonchev–Trinajstić information content (AvgIpc) is 2.71. The summed E-state index contributed by atoms with van der Waals surface area (Å²) in [6, 6.07) is 7.84. The summed E-state index contributed by atoms with van der Waals surface area (Å²) in [4.78, 5) is 17.9. The number of imidazole rings is 1. The van der Waals surface area contributed by atoms with Crippen LogP contribution >= 0.6 is 22.9 Å². The number of para-hydroxylation sites is 2. The zero-order valence-corrected chi connectivity index (χ0v) is 10.6. The molecule has 0 aliphatic carbocycles. The van der Waals surface area contributed by atoms with E-state index in [2.05, 4.69) is 15.3 Å². The first-order chi connectivity index (χ1) is 7.79. The van der Waals surface area contributed by atoms with Crippen molar-refractivity contribution in [1.29, 1.82) is 0 Å². The van der Waals surface area contributed by atoms with Crippen LogP contribution in [0, 0.1) is 0 Å². The molecule has 0 spiro atoms. The summed E-state index contributed by atoms with van der Waals surface area (Å²) in [5, 5.41) is 3.13. The SMILES string of the molecule is O=CN(I)CCNc1nc2ccccc2[nH]1. The number of halogens is 1. The molecule has 16 heavy (non-hydrogen) atoms. The molecule has 0 saturated heterocycles. The lowest BCUT2D eigenvalue weighted by Gasteiger charge is -2.07. The van der Waals surface area contributed by atoms with Gasteiger partial charge in [0.15, 0.2) is 0 Å². The summed E-state index contributed by atoms with van der Waals surface area (Å²) in [7, 11) is 0. The molecule has 1 amide bonds. The van der Waals surface area contributed by atoms with Crippen molar-refractivity contribution in [3.8, 4) is 0 Å². The number of carbonyl (C=O) groups is 1. The van der Waals surface area contributed by atoms with Gasteiger partial charge in [-0.1, -0.05) is 12.1 Å². The average molecular weight is 330 g/mol. The molecule has 0 unspecified atom stereocenters. The Morgan fingerprint density at radius 3 is 3.06 bits per heavy atom. The van der Waals surface area contributed by atoms with E-state index in [1.807, 2.05) is 47.1 Å². The maximum Gasteiger partial charge on any atom is 0.218 e. The minimum atomic E-state index is 0.640. The van der Waals surface area contributed by atoms with Crippen LogP contribution in [-0.2, 0) is 4.79 Å². The van der Waals surface area contributed by atoms with Gasteiger partial charge in [-0.3, -0.25) is 7.91 Å². The van der Waals surface area contributed by atoms with Crippen LogP contribution in [0.2, 0.25) is 0 Å². The molecule has 1 aromatic carbocycles. The molecule has 1 aromatic heterocycles. The minimum Gasteiger partial charge on any atom is -0.354 e. The lowest BCUT2D eigenvalue weighted by Crippen LogP contribution is -2.18. The Bertz CT molecular complexity index is 451. The summed E-state index contributed by atoms with van der Waals surface area (Å²) in [6.07, 6.45) is 0.793. The molecule has 2 N–H and O–H groups in total. The van der Waals surface area contributed by atoms with E-state index in [4.69, 9.17) is 0 Å². The molecule has 2 rings (SSSR count). The molecule has 2 aromatic rings. The molecule has 0 bridgehead atoms. The van der Waals surface area contributed by atoms with E-state index < -0.39 is 0 Å². The molecular formula is C10H11IN4O. The summed E-state index contributed by atoms with van der Waals surface area (Å²) in [5.41, 5.74) is 1.94. The fourth-order valence-electron chi connectivity index (χ4n) is 1.37. The highest BCUT2D eigenvalue weighted by atomic mass is 127. The fraction of sp³-hybridized carbons (Fsp3) is 0.200. The van der Waals surface area contributed by atoms with Crippen molar-refractivity contribution < 1.29 is 4.79 Å². The van der Waals surface area contributed by atoms with E-state index in [1.54, 1.807) is 3.11 Å². The smallest absolute Gasteiger partial charge is 0.218 e. The van der Waals surface area contributed by atoms with Crippen LogP contribution in [0.3, 0.4) is 0 Å². The molecule has 0 atom stereocenters. The Morgan fingerprint density at radius 1 is 1.50 bits per heavy atom. The van der Waals surface area contributed by atoms with Gasteiger partial charge in [0.1, 0.15) is 0 Å². The van der Waals surface area contributed by atoms with Crippen LogP contribution in [0.1, 0.15) is 0 Å². The predicted octanol–water partition coefficient (Wildman–Crippen LogP) is 1.78. The van der Waals surface area contributed by atoms with E-state index in [9.17, 15) is 4.79 Å². The molecule has 84 valence electrons. The van der Waals surface area contributed by atoms with Crippen molar-refractivity contribution in [2.24, 2.45) is 0 Å². The van der Waals surface area contributed by atoms with E-state index in [-0.39, 0.29) is 0 Å². The number of anilines is 1. The second-order valence-corrected chi connectivity index (χ2v) is 4.50. The monoisotopic (exact) mass is 330 g/mol. The van der Waals surface area contributed by atoms with Crippen LogP contribution in [-0.4, -0.2) is 32.6 Å². The first-order valence-electron chi connectivity index (χ1n) is 4.86. The lowest BCUT2D eigenvalue weighted by molar-refractivity contribution is -0.112. The molecule has 0 saturated carbocycles. The Kier molecular flexibility index (Phi) is 3.60. The number of hydrogen-bond acceptors (Lipinski definition) is 3. The first kappa shape index (κ1) is 11.2. The van der Waals surface area contributed by atoms with Crippen molar-refractivity contribution in [3.05, 3.63) is 24.3 Å². The highest BCUT2D eigenvalue weighted by Gasteiger charge is 2.01. The van der Waals surface area contributed by atoms with Gasteiger partial charge in [0.2, 0.25) is 12.4 Å². The van der Waals surface area contributed by atoms with E-state index >= 15 is 0 Å². The van der Waals surface area contributed by atoms with Gasteiger partial charge in [0.25, 0.3) is 0 Å². The van der Waals surface area contributed by atoms with Crippen LogP contribution in [0.15, 0.2) is 24.3 Å². The van der Waals surface area contributed by atoms with Gasteiger partial charge in [-0.05, 0) is 12.1 Å². The van der Waals surface area contributed by atoms with Crippen LogP contribution in [0.5, 0.6) is 0 Å². The number of nitrogens with zero attached hydrogens (tertiary/aromatic N) is 2. The Balaban J connectivity index is 1.97. The number of fused-ring (bicyclic) bond motifs is 1. The molecule has 5 nitrogen and oxygen atoms in total. The first-order valence-corrected chi connectivity index (χ1v) is 5.82. The zero-order valence-electron chi connectivity index (χ0n) is 8.48. The summed E-state index contributed by atoms with van der Waals surface area (Å²) >= 11 is 1.96. The van der Waals surface area contributed by atoms with Crippen molar-refractivity contribution in [1.82, 2.24) is 13.1 Å². The van der Waals surface area contributed by atoms with E-state index in [1.165, 1.54) is 0 Å². The molecule has 1 heterocycles. The number of aromatic nitrogens is 2. The van der Waals surface area contributed by atoms with Gasteiger partial charge in [0, 0.05) is 13.1 Å². The van der Waals surface area contributed by atoms with Crippen molar-refractivity contribution in [2.45, 2.75) is 0 Å². The topological polar surface area (TPSA) is 61.0 Å². The highest BCUT2D eigenvalue weighted by molar-refractivity contribution is 14.1. The summed E-state index contributed by atoms with van der Waals surface area (Å²) < 4.78 is 1.55. The zero-order chi connectivity index (χ0) is 11.4. The maximum atomic E-state index is 10.4. The molecule has 0 aliphatic rings. The van der Waals surface area contributed by atoms with Gasteiger partial charge < -0.3 is 10.3 Å². The summed E-state index contributed by atoms with van der Waals surface area (Å²) in [5.74, 6) is 0.733. The number of carbonyl (C=O) groups excluding carboxylic acids is 1. The fourth-order valence-corrected chi connectivity index (χ4v) is 1.61. The quantitative estimate of drug-likeness (QED) is 0.499. The maximum absolute atomic E-state index is 10.4. The van der Waals surface area contributed by atoms with Crippen LogP contribution in [0.25, 0.3) is 11.0 Å².